The minimum Gasteiger partial charge on any atom is -0.486 e. The van der Waals surface area contributed by atoms with Gasteiger partial charge in [-0.2, -0.15) is 10.4 Å². The van der Waals surface area contributed by atoms with Crippen molar-refractivity contribution in [1.29, 1.82) is 5.26 Å². The van der Waals surface area contributed by atoms with E-state index in [4.69, 9.17) is 14.6 Å². The number of amides is 2. The minimum atomic E-state index is -0.494. The van der Waals surface area contributed by atoms with Crippen molar-refractivity contribution < 1.29 is 19.1 Å². The van der Waals surface area contributed by atoms with Crippen LogP contribution in [0.15, 0.2) is 71.4 Å². The third-order valence-electron chi connectivity index (χ3n) is 7.34. The molecule has 0 radical (unpaired) electrons. The number of benzene rings is 2. The van der Waals surface area contributed by atoms with Gasteiger partial charge in [-0.3, -0.25) is 14.5 Å². The van der Waals surface area contributed by atoms with Gasteiger partial charge in [0.2, 0.25) is 0 Å². The molecule has 3 aromatic rings. The Hall–Kier alpha value is -4.64. The highest BCUT2D eigenvalue weighted by molar-refractivity contribution is 6.20. The first-order chi connectivity index (χ1) is 18.5. The smallest absolute Gasteiger partial charge is 0.271 e. The van der Waals surface area contributed by atoms with Crippen molar-refractivity contribution in [2.45, 2.75) is 38.6 Å². The zero-order valence-corrected chi connectivity index (χ0v) is 21.0. The molecule has 0 saturated heterocycles. The van der Waals surface area contributed by atoms with Crippen LogP contribution in [0.2, 0.25) is 0 Å². The van der Waals surface area contributed by atoms with Crippen LogP contribution in [0.4, 0.5) is 0 Å². The first-order valence-corrected chi connectivity index (χ1v) is 12.8. The van der Waals surface area contributed by atoms with Gasteiger partial charge < -0.3 is 9.47 Å². The Morgan fingerprint density at radius 2 is 1.74 bits per heavy atom. The molecule has 190 valence electrons. The van der Waals surface area contributed by atoms with Gasteiger partial charge in [0.05, 0.1) is 5.69 Å². The number of nitriles is 1. The number of hydrogen-bond donors (Lipinski definition) is 0. The molecule has 0 N–H and O–H groups in total. The summed E-state index contributed by atoms with van der Waals surface area (Å²) in [4.78, 5) is 28.2. The summed E-state index contributed by atoms with van der Waals surface area (Å²) in [5.74, 6) is 0.453. The van der Waals surface area contributed by atoms with Crippen molar-refractivity contribution in [1.82, 2.24) is 14.7 Å². The first kappa shape index (κ1) is 23.7. The van der Waals surface area contributed by atoms with Gasteiger partial charge in [-0.15, -0.1) is 0 Å². The number of carbonyl (C=O) groups excluding carboxylic acids is 2. The molecule has 0 bridgehead atoms. The average molecular weight is 507 g/mol. The van der Waals surface area contributed by atoms with E-state index in [1.165, 1.54) is 4.90 Å². The maximum atomic E-state index is 13.7. The van der Waals surface area contributed by atoms with Gasteiger partial charge in [0.25, 0.3) is 11.8 Å². The van der Waals surface area contributed by atoms with Crippen molar-refractivity contribution in [2.75, 3.05) is 13.2 Å². The number of ether oxygens (including phenoxy) is 2. The van der Waals surface area contributed by atoms with Crippen LogP contribution in [0.5, 0.6) is 11.5 Å². The zero-order valence-electron chi connectivity index (χ0n) is 21.0. The summed E-state index contributed by atoms with van der Waals surface area (Å²) in [6.45, 7) is 2.63. The summed E-state index contributed by atoms with van der Waals surface area (Å²) >= 11 is 0. The number of nitrogens with zero attached hydrogens (tertiary/aromatic N) is 4. The second-order valence-electron chi connectivity index (χ2n) is 9.66. The lowest BCUT2D eigenvalue weighted by molar-refractivity contribution is -0.143. The van der Waals surface area contributed by atoms with E-state index in [0.717, 1.165) is 36.9 Å². The second-order valence-corrected chi connectivity index (χ2v) is 9.66. The molecule has 0 unspecified atom stereocenters. The van der Waals surface area contributed by atoms with Gasteiger partial charge in [-0.05, 0) is 61.7 Å². The van der Waals surface area contributed by atoms with Crippen LogP contribution in [0.1, 0.15) is 38.2 Å². The van der Waals surface area contributed by atoms with Gasteiger partial charge in [-0.1, -0.05) is 31.0 Å². The quantitative estimate of drug-likeness (QED) is 0.371. The molecule has 1 aromatic heterocycles. The summed E-state index contributed by atoms with van der Waals surface area (Å²) < 4.78 is 13.2. The summed E-state index contributed by atoms with van der Waals surface area (Å²) in [7, 11) is 0. The molecule has 1 fully saturated rings. The van der Waals surface area contributed by atoms with E-state index in [0.29, 0.717) is 47.1 Å². The summed E-state index contributed by atoms with van der Waals surface area (Å²) in [6, 6.07) is 17.2. The number of carbonyl (C=O) groups is 2. The van der Waals surface area contributed by atoms with Crippen molar-refractivity contribution >= 4 is 17.9 Å². The fourth-order valence-electron chi connectivity index (χ4n) is 5.37. The molecule has 2 aromatic carbocycles. The van der Waals surface area contributed by atoms with E-state index < -0.39 is 5.91 Å². The molecular formula is C30H26N4O4. The highest BCUT2D eigenvalue weighted by Gasteiger charge is 2.40. The van der Waals surface area contributed by atoms with Gasteiger partial charge in [-0.25, -0.2) is 4.68 Å². The summed E-state index contributed by atoms with van der Waals surface area (Å²) in [5.41, 5.74) is 3.72. The van der Waals surface area contributed by atoms with E-state index in [9.17, 15) is 14.9 Å². The predicted molar refractivity (Wildman–Crippen MR) is 140 cm³/mol. The van der Waals surface area contributed by atoms with Crippen LogP contribution in [-0.4, -0.2) is 45.8 Å². The maximum absolute atomic E-state index is 13.7. The number of fused-ring (bicyclic) bond motifs is 1. The van der Waals surface area contributed by atoms with Crippen LogP contribution in [0.3, 0.4) is 0 Å². The van der Waals surface area contributed by atoms with E-state index in [1.807, 2.05) is 60.8 Å². The van der Waals surface area contributed by atoms with Crippen LogP contribution in [0, 0.1) is 11.3 Å². The Labute approximate surface area is 220 Å². The SMILES string of the molecule is CC1=C(C#N)C(=O)N(C2CCCC2)C(=O)/C1=C/c1cn(-c2ccccc2)nc1-c1ccc2c(c1)OCCO2. The van der Waals surface area contributed by atoms with Crippen LogP contribution < -0.4 is 9.47 Å². The lowest BCUT2D eigenvalue weighted by Gasteiger charge is -2.32. The highest BCUT2D eigenvalue weighted by Crippen LogP contribution is 2.38. The number of imide groups is 1. The number of para-hydroxylation sites is 1. The molecule has 2 amide bonds. The molecule has 3 aliphatic rings. The lowest BCUT2D eigenvalue weighted by atomic mass is 9.92. The number of rotatable bonds is 4. The molecule has 0 atom stereocenters. The van der Waals surface area contributed by atoms with E-state index in [1.54, 1.807) is 17.7 Å². The highest BCUT2D eigenvalue weighted by atomic mass is 16.6. The Bertz CT molecular complexity index is 1540. The van der Waals surface area contributed by atoms with Gasteiger partial charge in [0.15, 0.2) is 11.5 Å². The summed E-state index contributed by atoms with van der Waals surface area (Å²) in [5, 5.41) is 14.7. The summed E-state index contributed by atoms with van der Waals surface area (Å²) in [6.07, 6.45) is 7.06. The second kappa shape index (κ2) is 9.67. The molecule has 1 saturated carbocycles. The number of aromatic nitrogens is 2. The molecule has 38 heavy (non-hydrogen) atoms. The van der Waals surface area contributed by atoms with E-state index in [2.05, 4.69) is 0 Å². The minimum absolute atomic E-state index is 0.0130. The monoisotopic (exact) mass is 506 g/mol. The van der Waals surface area contributed by atoms with Crippen molar-refractivity contribution in [3.8, 4) is 34.5 Å². The average Bonchev–Trinajstić information content (AvgIpc) is 3.62. The van der Waals surface area contributed by atoms with Crippen molar-refractivity contribution in [3.05, 3.63) is 77.0 Å². The Morgan fingerprint density at radius 1 is 1.00 bits per heavy atom. The molecular weight excluding hydrogens is 480 g/mol. The van der Waals surface area contributed by atoms with Gasteiger partial charge in [0, 0.05) is 28.9 Å². The van der Waals surface area contributed by atoms with Crippen LogP contribution >= 0.6 is 0 Å². The first-order valence-electron chi connectivity index (χ1n) is 12.8. The van der Waals surface area contributed by atoms with Crippen LogP contribution in [-0.2, 0) is 9.59 Å². The fraction of sp³-hybridized carbons (Fsp3) is 0.267. The fourth-order valence-corrected chi connectivity index (χ4v) is 5.37. The number of hydrogen-bond acceptors (Lipinski definition) is 6. The molecule has 6 rings (SSSR count). The third-order valence-corrected chi connectivity index (χ3v) is 7.34. The topological polar surface area (TPSA) is 97.5 Å². The standard InChI is InChI=1S/C30H26N4O4/c1-19-24(29(35)34(23-9-5-6-10-23)30(36)25(19)17-31)15-21-18-33(22-7-3-2-4-8-22)32-28(21)20-11-12-26-27(16-20)38-14-13-37-26/h2-4,7-8,11-12,15-16,18,23H,5-6,9-10,13-14H2,1H3/b24-15+. The molecule has 8 heteroatoms. The normalized spacial score (nSPS) is 18.8. The third kappa shape index (κ3) is 4.06. The van der Waals surface area contributed by atoms with E-state index >= 15 is 0 Å². The van der Waals surface area contributed by atoms with Crippen molar-refractivity contribution in [2.24, 2.45) is 0 Å². The Kier molecular flexibility index (Phi) is 6.04. The molecule has 3 heterocycles. The Balaban J connectivity index is 1.51. The largest absolute Gasteiger partial charge is 0.486 e. The van der Waals surface area contributed by atoms with Gasteiger partial charge in [0.1, 0.15) is 30.6 Å². The van der Waals surface area contributed by atoms with Crippen molar-refractivity contribution in [3.63, 3.8) is 0 Å². The zero-order chi connectivity index (χ0) is 26.2. The molecule has 0 spiro atoms. The lowest BCUT2D eigenvalue weighted by Crippen LogP contribution is -2.47. The molecule has 8 nitrogen and oxygen atoms in total. The van der Waals surface area contributed by atoms with Gasteiger partial charge >= 0.3 is 0 Å². The van der Waals surface area contributed by atoms with E-state index in [-0.39, 0.29) is 17.5 Å². The predicted octanol–water partition coefficient (Wildman–Crippen LogP) is 4.85. The van der Waals surface area contributed by atoms with Crippen LogP contribution in [0.25, 0.3) is 23.0 Å². The maximum Gasteiger partial charge on any atom is 0.271 e. The molecule has 2 aliphatic heterocycles. The Morgan fingerprint density at radius 3 is 2.47 bits per heavy atom. The molecule has 1 aliphatic carbocycles.